The highest BCUT2D eigenvalue weighted by Crippen LogP contribution is 2.16. The molecule has 112 valence electrons. The van der Waals surface area contributed by atoms with Gasteiger partial charge >= 0.3 is 0 Å². The molecule has 0 aliphatic heterocycles. The molecule has 0 unspecified atom stereocenters. The number of nitrogens with one attached hydrogen (secondary N) is 2. The number of anilines is 1. The number of fused-ring (bicyclic) bond motifs is 1. The van der Waals surface area contributed by atoms with Crippen molar-refractivity contribution in [3.05, 3.63) is 54.9 Å². The Labute approximate surface area is 128 Å². The fraction of sp³-hybridized carbons (Fsp3) is 0.176. The lowest BCUT2D eigenvalue weighted by molar-refractivity contribution is -0.116. The van der Waals surface area contributed by atoms with E-state index in [0.29, 0.717) is 19.4 Å². The van der Waals surface area contributed by atoms with E-state index in [-0.39, 0.29) is 5.91 Å². The highest BCUT2D eigenvalue weighted by Gasteiger charge is 2.04. The maximum absolute atomic E-state index is 11.9. The molecule has 0 spiro atoms. The number of para-hydroxylation sites is 1. The third kappa shape index (κ3) is 3.63. The first-order valence-electron chi connectivity index (χ1n) is 7.22. The van der Waals surface area contributed by atoms with E-state index in [9.17, 15) is 4.79 Å². The van der Waals surface area contributed by atoms with Crippen LogP contribution in [0.4, 0.5) is 5.69 Å². The Morgan fingerprint density at radius 1 is 1.18 bits per heavy atom. The van der Waals surface area contributed by atoms with Gasteiger partial charge in [-0.2, -0.15) is 0 Å². The van der Waals surface area contributed by atoms with E-state index in [1.54, 1.807) is 6.33 Å². The van der Waals surface area contributed by atoms with Crippen LogP contribution in [0, 0.1) is 0 Å². The van der Waals surface area contributed by atoms with Crippen LogP contribution in [-0.4, -0.2) is 22.5 Å². The van der Waals surface area contributed by atoms with E-state index in [2.05, 4.69) is 15.3 Å². The number of rotatable bonds is 6. The van der Waals surface area contributed by atoms with Crippen LogP contribution in [0.2, 0.25) is 0 Å². The van der Waals surface area contributed by atoms with E-state index in [1.807, 2.05) is 48.5 Å². The van der Waals surface area contributed by atoms with Crippen LogP contribution in [0.25, 0.3) is 11.0 Å². The second-order valence-corrected chi connectivity index (χ2v) is 4.95. The van der Waals surface area contributed by atoms with Gasteiger partial charge in [0.05, 0.1) is 24.0 Å². The van der Waals surface area contributed by atoms with Gasteiger partial charge in [-0.15, -0.1) is 0 Å². The van der Waals surface area contributed by atoms with Crippen molar-refractivity contribution in [1.82, 2.24) is 9.97 Å². The standard InChI is InChI=1S/C17H17N3O2/c21-17(7-4-10-22-14-5-2-1-3-6-14)20-13-8-9-15-16(11-13)19-12-18-15/h1-3,5-6,8-9,11-12H,4,7,10H2,(H,18,19)(H,20,21). The minimum absolute atomic E-state index is 0.0180. The number of carbonyl (C=O) groups is 1. The normalized spacial score (nSPS) is 10.5. The number of carbonyl (C=O) groups excluding carboxylic acids is 1. The fourth-order valence-electron chi connectivity index (χ4n) is 2.18. The molecule has 0 bridgehead atoms. The topological polar surface area (TPSA) is 67.0 Å². The summed E-state index contributed by atoms with van der Waals surface area (Å²) in [5.41, 5.74) is 2.56. The smallest absolute Gasteiger partial charge is 0.224 e. The fourth-order valence-corrected chi connectivity index (χ4v) is 2.18. The molecule has 0 atom stereocenters. The van der Waals surface area contributed by atoms with Crippen molar-refractivity contribution in [2.45, 2.75) is 12.8 Å². The summed E-state index contributed by atoms with van der Waals surface area (Å²) in [4.78, 5) is 19.1. The molecule has 3 rings (SSSR count). The average Bonchev–Trinajstić information content (AvgIpc) is 3.00. The van der Waals surface area contributed by atoms with Crippen molar-refractivity contribution in [3.8, 4) is 5.75 Å². The van der Waals surface area contributed by atoms with Crippen LogP contribution in [0.15, 0.2) is 54.9 Å². The second-order valence-electron chi connectivity index (χ2n) is 4.95. The lowest BCUT2D eigenvalue weighted by Crippen LogP contribution is -2.12. The quantitative estimate of drug-likeness (QED) is 0.685. The number of hydrogen-bond acceptors (Lipinski definition) is 3. The molecule has 0 fully saturated rings. The van der Waals surface area contributed by atoms with Crippen molar-refractivity contribution < 1.29 is 9.53 Å². The number of ether oxygens (including phenoxy) is 1. The summed E-state index contributed by atoms with van der Waals surface area (Å²) in [5.74, 6) is 0.808. The van der Waals surface area contributed by atoms with Gasteiger partial charge in [-0.3, -0.25) is 4.79 Å². The number of nitrogens with zero attached hydrogens (tertiary/aromatic N) is 1. The monoisotopic (exact) mass is 295 g/mol. The minimum atomic E-state index is -0.0180. The molecule has 22 heavy (non-hydrogen) atoms. The zero-order valence-electron chi connectivity index (χ0n) is 12.1. The maximum Gasteiger partial charge on any atom is 0.224 e. The maximum atomic E-state index is 11.9. The van der Waals surface area contributed by atoms with Crippen LogP contribution in [0.3, 0.4) is 0 Å². The number of aromatic amines is 1. The number of benzene rings is 2. The van der Waals surface area contributed by atoms with Gasteiger partial charge in [0.2, 0.25) is 5.91 Å². The summed E-state index contributed by atoms with van der Waals surface area (Å²) in [7, 11) is 0. The Balaban J connectivity index is 1.44. The molecule has 2 aromatic carbocycles. The predicted octanol–water partition coefficient (Wildman–Crippen LogP) is 3.36. The SMILES string of the molecule is O=C(CCCOc1ccccc1)Nc1ccc2nc[nH]c2c1. The van der Waals surface area contributed by atoms with Crippen LogP contribution in [0.5, 0.6) is 5.75 Å². The molecule has 1 heterocycles. The third-order valence-corrected chi connectivity index (χ3v) is 3.26. The van der Waals surface area contributed by atoms with Crippen molar-refractivity contribution >= 4 is 22.6 Å². The Bertz CT molecular complexity index is 753. The summed E-state index contributed by atoms with van der Waals surface area (Å²) in [6, 6.07) is 15.2. The summed E-state index contributed by atoms with van der Waals surface area (Å²) in [5, 5.41) is 2.88. The first kappa shape index (κ1) is 14.1. The van der Waals surface area contributed by atoms with Crippen LogP contribution in [0.1, 0.15) is 12.8 Å². The zero-order valence-corrected chi connectivity index (χ0v) is 12.1. The lowest BCUT2D eigenvalue weighted by atomic mass is 10.2. The van der Waals surface area contributed by atoms with E-state index in [0.717, 1.165) is 22.5 Å². The Morgan fingerprint density at radius 2 is 2.05 bits per heavy atom. The molecular weight excluding hydrogens is 278 g/mol. The van der Waals surface area contributed by atoms with Crippen LogP contribution >= 0.6 is 0 Å². The molecule has 0 aliphatic carbocycles. The zero-order chi connectivity index (χ0) is 15.2. The second kappa shape index (κ2) is 6.76. The molecular formula is C17H17N3O2. The Hall–Kier alpha value is -2.82. The van der Waals surface area contributed by atoms with Gasteiger partial charge in [0.1, 0.15) is 5.75 Å². The molecule has 1 aromatic heterocycles. The molecule has 0 saturated carbocycles. The van der Waals surface area contributed by atoms with Gasteiger partial charge in [0.25, 0.3) is 0 Å². The number of imidazole rings is 1. The van der Waals surface area contributed by atoms with Crippen molar-refractivity contribution in [1.29, 1.82) is 0 Å². The highest BCUT2D eigenvalue weighted by molar-refractivity contribution is 5.92. The van der Waals surface area contributed by atoms with Crippen molar-refractivity contribution in [2.24, 2.45) is 0 Å². The lowest BCUT2D eigenvalue weighted by Gasteiger charge is -2.07. The van der Waals surface area contributed by atoms with E-state index < -0.39 is 0 Å². The van der Waals surface area contributed by atoms with Crippen molar-refractivity contribution in [3.63, 3.8) is 0 Å². The van der Waals surface area contributed by atoms with Gasteiger partial charge < -0.3 is 15.0 Å². The molecule has 3 aromatic rings. The molecule has 0 radical (unpaired) electrons. The number of aromatic nitrogens is 2. The summed E-state index contributed by atoms with van der Waals surface area (Å²) in [6.45, 7) is 0.525. The van der Waals surface area contributed by atoms with Gasteiger partial charge in [-0.25, -0.2) is 4.98 Å². The van der Waals surface area contributed by atoms with Crippen LogP contribution < -0.4 is 10.1 Å². The van der Waals surface area contributed by atoms with E-state index in [4.69, 9.17) is 4.74 Å². The Morgan fingerprint density at radius 3 is 2.91 bits per heavy atom. The van der Waals surface area contributed by atoms with Gasteiger partial charge in [0.15, 0.2) is 0 Å². The molecule has 0 saturated heterocycles. The molecule has 1 amide bonds. The number of H-pyrrole nitrogens is 1. The third-order valence-electron chi connectivity index (χ3n) is 3.26. The minimum Gasteiger partial charge on any atom is -0.494 e. The van der Waals surface area contributed by atoms with Gasteiger partial charge in [-0.1, -0.05) is 18.2 Å². The molecule has 5 heteroatoms. The van der Waals surface area contributed by atoms with E-state index >= 15 is 0 Å². The Kier molecular flexibility index (Phi) is 4.34. The average molecular weight is 295 g/mol. The van der Waals surface area contributed by atoms with Crippen molar-refractivity contribution in [2.75, 3.05) is 11.9 Å². The van der Waals surface area contributed by atoms with Gasteiger partial charge in [0, 0.05) is 12.1 Å². The summed E-state index contributed by atoms with van der Waals surface area (Å²) in [6.07, 6.45) is 2.73. The molecule has 0 aliphatic rings. The summed E-state index contributed by atoms with van der Waals surface area (Å²) >= 11 is 0. The first-order chi connectivity index (χ1) is 10.8. The molecule has 2 N–H and O–H groups in total. The largest absolute Gasteiger partial charge is 0.494 e. The van der Waals surface area contributed by atoms with E-state index in [1.165, 1.54) is 0 Å². The summed E-state index contributed by atoms with van der Waals surface area (Å²) < 4.78 is 5.56. The number of hydrogen-bond donors (Lipinski definition) is 2. The highest BCUT2D eigenvalue weighted by atomic mass is 16.5. The predicted molar refractivity (Wildman–Crippen MR) is 85.9 cm³/mol. The van der Waals surface area contributed by atoms with Gasteiger partial charge in [-0.05, 0) is 36.8 Å². The molecule has 5 nitrogen and oxygen atoms in total. The number of amides is 1. The first-order valence-corrected chi connectivity index (χ1v) is 7.22. The van der Waals surface area contributed by atoms with Crippen LogP contribution in [-0.2, 0) is 4.79 Å².